The minimum Gasteiger partial charge on any atom is -0.359 e. The van der Waals surface area contributed by atoms with Crippen molar-refractivity contribution in [2.24, 2.45) is 0 Å². The van der Waals surface area contributed by atoms with Crippen molar-refractivity contribution >= 4 is 40.4 Å². The van der Waals surface area contributed by atoms with Crippen LogP contribution in [0.3, 0.4) is 0 Å². The van der Waals surface area contributed by atoms with E-state index in [1.165, 1.54) is 17.4 Å². The second-order valence-electron chi connectivity index (χ2n) is 9.13. The van der Waals surface area contributed by atoms with Crippen molar-refractivity contribution in [2.45, 2.75) is 26.4 Å². The molecule has 0 saturated carbocycles. The molecule has 2 amide bonds. The molecule has 1 fully saturated rings. The molecule has 10 nitrogen and oxygen atoms in total. The van der Waals surface area contributed by atoms with Crippen LogP contribution in [0, 0.1) is 0 Å². The Morgan fingerprint density at radius 2 is 1.95 bits per heavy atom. The summed E-state index contributed by atoms with van der Waals surface area (Å²) in [5.41, 5.74) is 2.55. The van der Waals surface area contributed by atoms with Crippen molar-refractivity contribution in [3.63, 3.8) is 0 Å². The van der Waals surface area contributed by atoms with Gasteiger partial charge < -0.3 is 15.1 Å². The van der Waals surface area contributed by atoms with Gasteiger partial charge in [0.25, 0.3) is 11.5 Å². The van der Waals surface area contributed by atoms with Crippen LogP contribution in [-0.4, -0.2) is 62.0 Å². The zero-order valence-corrected chi connectivity index (χ0v) is 22.4. The molecule has 1 aromatic carbocycles. The lowest BCUT2D eigenvalue weighted by atomic mass is 10.1. The molecule has 0 radical (unpaired) electrons. The molecule has 0 bridgehead atoms. The Balaban J connectivity index is 1.44. The van der Waals surface area contributed by atoms with Crippen LogP contribution >= 0.6 is 22.9 Å². The molecule has 1 aliphatic rings. The average molecular weight is 552 g/mol. The van der Waals surface area contributed by atoms with Crippen LogP contribution in [0.4, 0.5) is 5.69 Å². The first-order valence-corrected chi connectivity index (χ1v) is 13.3. The Bertz CT molecular complexity index is 1540. The van der Waals surface area contributed by atoms with Crippen LogP contribution < -0.4 is 15.8 Å². The van der Waals surface area contributed by atoms with Crippen molar-refractivity contribution in [2.75, 3.05) is 24.5 Å². The van der Waals surface area contributed by atoms with Gasteiger partial charge in [-0.1, -0.05) is 22.9 Å². The van der Waals surface area contributed by atoms with Gasteiger partial charge in [-0.15, -0.1) is 16.4 Å². The molecule has 0 aliphatic carbocycles. The lowest BCUT2D eigenvalue weighted by molar-refractivity contribution is -0.132. The summed E-state index contributed by atoms with van der Waals surface area (Å²) in [5, 5.41) is 11.3. The van der Waals surface area contributed by atoms with E-state index in [0.717, 1.165) is 5.69 Å². The van der Waals surface area contributed by atoms with Gasteiger partial charge in [0.05, 0.1) is 45.6 Å². The predicted molar refractivity (Wildman–Crippen MR) is 147 cm³/mol. The summed E-state index contributed by atoms with van der Waals surface area (Å²) in [5.74, 6) is -0.202. The number of carbonyl (C=O) groups is 2. The van der Waals surface area contributed by atoms with Crippen LogP contribution in [0.2, 0.25) is 4.34 Å². The number of nitrogens with one attached hydrogen (secondary N) is 1. The van der Waals surface area contributed by atoms with Crippen molar-refractivity contribution in [1.29, 1.82) is 0 Å². The summed E-state index contributed by atoms with van der Waals surface area (Å²) in [4.78, 5) is 42.1. The molecule has 1 N–H and O–H groups in total. The number of amides is 2. The number of hydrogen-bond acceptors (Lipinski definition) is 7. The van der Waals surface area contributed by atoms with E-state index in [-0.39, 0.29) is 36.5 Å². The lowest BCUT2D eigenvalue weighted by Crippen LogP contribution is -2.53. The fourth-order valence-electron chi connectivity index (χ4n) is 4.38. The van der Waals surface area contributed by atoms with E-state index < -0.39 is 0 Å². The lowest BCUT2D eigenvalue weighted by Gasteiger charge is -2.38. The number of pyridine rings is 1. The smallest absolute Gasteiger partial charge is 0.261 e. The van der Waals surface area contributed by atoms with Gasteiger partial charge in [-0.3, -0.25) is 19.0 Å². The Hall–Kier alpha value is -3.96. The molecule has 196 valence electrons. The fourth-order valence-corrected chi connectivity index (χ4v) is 5.34. The molecular weight excluding hydrogens is 526 g/mol. The van der Waals surface area contributed by atoms with Crippen molar-refractivity contribution in [3.05, 3.63) is 86.2 Å². The van der Waals surface area contributed by atoms with Crippen LogP contribution in [-0.2, 0) is 11.3 Å². The number of anilines is 1. The van der Waals surface area contributed by atoms with Crippen LogP contribution in [0.25, 0.3) is 11.4 Å². The third kappa shape index (κ3) is 5.34. The van der Waals surface area contributed by atoms with Crippen LogP contribution in [0.1, 0.15) is 29.2 Å². The van der Waals surface area contributed by atoms with E-state index in [1.54, 1.807) is 45.9 Å². The highest BCUT2D eigenvalue weighted by Crippen LogP contribution is 2.29. The predicted octanol–water partition coefficient (Wildman–Crippen LogP) is 3.12. The number of nitrogens with zero attached hydrogens (tertiary/aromatic N) is 6. The largest absolute Gasteiger partial charge is 0.359 e. The van der Waals surface area contributed by atoms with E-state index in [1.807, 2.05) is 41.8 Å². The van der Waals surface area contributed by atoms with Gasteiger partial charge in [0, 0.05) is 31.4 Å². The van der Waals surface area contributed by atoms with Gasteiger partial charge in [-0.25, -0.2) is 4.68 Å². The minimum absolute atomic E-state index is 0.0372. The third-order valence-electron chi connectivity index (χ3n) is 6.30. The molecule has 5 rings (SSSR count). The highest BCUT2D eigenvalue weighted by atomic mass is 35.5. The fraction of sp³-hybridized carbons (Fsp3) is 0.269. The number of carbonyl (C=O) groups excluding carboxylic acids is 2. The molecule has 1 saturated heterocycles. The van der Waals surface area contributed by atoms with Gasteiger partial charge in [0.15, 0.2) is 0 Å². The Morgan fingerprint density at radius 3 is 2.66 bits per heavy atom. The maximum absolute atomic E-state index is 12.9. The highest BCUT2D eigenvalue weighted by molar-refractivity contribution is 7.18. The topological polar surface area (TPSA) is 105 Å². The number of halogens is 1. The summed E-state index contributed by atoms with van der Waals surface area (Å²) >= 11 is 7.13. The van der Waals surface area contributed by atoms with Crippen LogP contribution in [0.15, 0.2) is 65.7 Å². The van der Waals surface area contributed by atoms with Gasteiger partial charge in [0.2, 0.25) is 5.91 Å². The molecule has 1 aliphatic heterocycles. The van der Waals surface area contributed by atoms with Crippen LogP contribution in [0.5, 0.6) is 0 Å². The number of thiophene rings is 1. The number of piperazine rings is 1. The highest BCUT2D eigenvalue weighted by Gasteiger charge is 2.28. The van der Waals surface area contributed by atoms with Gasteiger partial charge in [0.1, 0.15) is 5.69 Å². The molecule has 0 unspecified atom stereocenters. The zero-order chi connectivity index (χ0) is 26.8. The summed E-state index contributed by atoms with van der Waals surface area (Å²) in [6, 6.07) is 14.0. The molecule has 0 atom stereocenters. The van der Waals surface area contributed by atoms with E-state index in [4.69, 9.17) is 11.6 Å². The summed E-state index contributed by atoms with van der Waals surface area (Å²) in [6.07, 6.45) is 3.45. The quantitative estimate of drug-likeness (QED) is 0.378. The molecule has 4 heterocycles. The first-order valence-electron chi connectivity index (χ1n) is 12.1. The first kappa shape index (κ1) is 25.7. The summed E-state index contributed by atoms with van der Waals surface area (Å²) < 4.78 is 3.72. The normalized spacial score (nSPS) is 13.8. The maximum atomic E-state index is 12.9. The maximum Gasteiger partial charge on any atom is 0.261 e. The molecule has 3 aromatic heterocycles. The average Bonchev–Trinajstić information content (AvgIpc) is 3.56. The number of aromatic nitrogens is 4. The molecule has 0 spiro atoms. The van der Waals surface area contributed by atoms with E-state index >= 15 is 0 Å². The van der Waals surface area contributed by atoms with E-state index in [2.05, 4.69) is 15.6 Å². The zero-order valence-electron chi connectivity index (χ0n) is 20.9. The number of rotatable bonds is 7. The third-order valence-corrected chi connectivity index (χ3v) is 7.53. The van der Waals surface area contributed by atoms with E-state index in [9.17, 15) is 14.4 Å². The SMILES string of the molecule is CC(C)N1CCN(c2cc(-n3ccccc3=O)ccc2-n2cc(CNC(=O)c3ccc(Cl)s3)nn2)CC1=O. The Kier molecular flexibility index (Phi) is 7.30. The Labute approximate surface area is 228 Å². The Morgan fingerprint density at radius 1 is 1.11 bits per heavy atom. The second-order valence-corrected chi connectivity index (χ2v) is 10.8. The standard InChI is InChI=1S/C26H26ClN7O3S/c1-17(2)32-12-11-31(16-25(32)36)21-13-19(33-10-4-3-5-24(33)35)6-7-20(21)34-15-18(29-30-34)14-28-26(37)22-8-9-23(27)38-22/h3-10,13,15,17H,11-12,14,16H2,1-2H3,(H,28,37). The van der Waals surface area contributed by atoms with Crippen molar-refractivity contribution < 1.29 is 9.59 Å². The molecule has 38 heavy (non-hydrogen) atoms. The van der Waals surface area contributed by atoms with Gasteiger partial charge in [-0.05, 0) is 50.2 Å². The monoisotopic (exact) mass is 551 g/mol. The van der Waals surface area contributed by atoms with E-state index in [0.29, 0.717) is 39.4 Å². The summed E-state index contributed by atoms with van der Waals surface area (Å²) in [7, 11) is 0. The molecular formula is C26H26ClN7O3S. The molecule has 12 heteroatoms. The van der Waals surface area contributed by atoms with Gasteiger partial charge in [-0.2, -0.15) is 0 Å². The molecule has 4 aromatic rings. The van der Waals surface area contributed by atoms with Gasteiger partial charge >= 0.3 is 0 Å². The summed E-state index contributed by atoms with van der Waals surface area (Å²) in [6.45, 7) is 5.62. The van der Waals surface area contributed by atoms with Crippen molar-refractivity contribution in [1.82, 2.24) is 29.8 Å². The number of hydrogen-bond donors (Lipinski definition) is 1. The first-order chi connectivity index (χ1) is 18.3. The minimum atomic E-state index is -0.240. The second kappa shape index (κ2) is 10.8. The number of benzene rings is 1. The van der Waals surface area contributed by atoms with Crippen molar-refractivity contribution in [3.8, 4) is 11.4 Å².